The highest BCUT2D eigenvalue weighted by Crippen LogP contribution is 2.44. The summed E-state index contributed by atoms with van der Waals surface area (Å²) in [7, 11) is 0. The van der Waals surface area contributed by atoms with Crippen LogP contribution in [0.2, 0.25) is 0 Å². The van der Waals surface area contributed by atoms with E-state index in [0.717, 1.165) is 25.7 Å². The zero-order valence-electron chi connectivity index (χ0n) is 20.2. The lowest BCUT2D eigenvalue weighted by Crippen LogP contribution is -2.45. The Morgan fingerprint density at radius 1 is 1.03 bits per heavy atom. The number of carbonyl (C=O) groups excluding carboxylic acids is 2. The second-order valence-corrected chi connectivity index (χ2v) is 9.62. The molecule has 7 heteroatoms. The number of carboxylic acids is 1. The molecule has 0 bridgehead atoms. The number of aliphatic carboxylic acids is 1. The normalized spacial score (nSPS) is 19.8. The van der Waals surface area contributed by atoms with E-state index in [9.17, 15) is 14.4 Å². The molecule has 2 aromatic carbocycles. The standard InChI is InChI=1S/C28H34N2O5/c1-2-8-19(16-26(31)32)29-27(33)18-9-7-10-20(15-18)30-28(34)35-17-25-23-13-5-3-11-21(23)22-12-4-6-14-24(22)25/h3-6,11-14,18-20,25H,2,7-10,15-17H2,1H3,(H,29,33)(H,30,34)(H,31,32)/t18-,19+,20+/m0/s1. The highest BCUT2D eigenvalue weighted by Gasteiger charge is 2.31. The number of alkyl carbamates (subject to hydrolysis) is 1. The van der Waals surface area contributed by atoms with Crippen LogP contribution in [0.3, 0.4) is 0 Å². The average Bonchev–Trinajstić information content (AvgIpc) is 3.16. The molecule has 2 aliphatic carbocycles. The van der Waals surface area contributed by atoms with Gasteiger partial charge >= 0.3 is 12.1 Å². The van der Waals surface area contributed by atoms with Crippen molar-refractivity contribution >= 4 is 18.0 Å². The van der Waals surface area contributed by atoms with Gasteiger partial charge in [-0.15, -0.1) is 0 Å². The molecule has 0 aromatic heterocycles. The minimum atomic E-state index is -0.915. The molecular formula is C28H34N2O5. The summed E-state index contributed by atoms with van der Waals surface area (Å²) < 4.78 is 5.66. The minimum Gasteiger partial charge on any atom is -0.481 e. The topological polar surface area (TPSA) is 105 Å². The SMILES string of the molecule is CCC[C@H](CC(=O)O)NC(=O)[C@H]1CCC[C@@H](NC(=O)OCC2c3ccccc3-c3ccccc32)C1. The van der Waals surface area contributed by atoms with Crippen molar-refractivity contribution in [3.63, 3.8) is 0 Å². The zero-order valence-corrected chi connectivity index (χ0v) is 20.2. The summed E-state index contributed by atoms with van der Waals surface area (Å²) in [6.07, 6.45) is 3.77. The van der Waals surface area contributed by atoms with Crippen molar-refractivity contribution in [3.05, 3.63) is 59.7 Å². The fourth-order valence-corrected chi connectivity index (χ4v) is 5.47. The molecule has 0 spiro atoms. The van der Waals surface area contributed by atoms with Gasteiger partial charge in [-0.2, -0.15) is 0 Å². The smallest absolute Gasteiger partial charge is 0.407 e. The number of carbonyl (C=O) groups is 3. The van der Waals surface area contributed by atoms with E-state index in [1.54, 1.807) is 0 Å². The number of carboxylic acid groups (broad SMARTS) is 1. The van der Waals surface area contributed by atoms with Gasteiger partial charge in [0, 0.05) is 23.9 Å². The van der Waals surface area contributed by atoms with Gasteiger partial charge in [0.15, 0.2) is 0 Å². The van der Waals surface area contributed by atoms with E-state index in [-0.39, 0.29) is 42.9 Å². The first kappa shape index (κ1) is 24.8. The maximum absolute atomic E-state index is 12.8. The van der Waals surface area contributed by atoms with Crippen LogP contribution in [0.25, 0.3) is 11.1 Å². The Labute approximate surface area is 206 Å². The molecule has 2 amide bonds. The fourth-order valence-electron chi connectivity index (χ4n) is 5.47. The molecule has 35 heavy (non-hydrogen) atoms. The number of benzene rings is 2. The molecule has 7 nitrogen and oxygen atoms in total. The summed E-state index contributed by atoms with van der Waals surface area (Å²) in [5, 5.41) is 15.0. The average molecular weight is 479 g/mol. The molecule has 0 saturated heterocycles. The molecule has 0 radical (unpaired) electrons. The predicted molar refractivity (Wildman–Crippen MR) is 133 cm³/mol. The summed E-state index contributed by atoms with van der Waals surface area (Å²) in [5.74, 6) is -1.27. The van der Waals surface area contributed by atoms with Crippen molar-refractivity contribution in [2.24, 2.45) is 5.92 Å². The third-order valence-corrected chi connectivity index (χ3v) is 7.12. The summed E-state index contributed by atoms with van der Waals surface area (Å²) in [6, 6.07) is 15.9. The lowest BCUT2D eigenvalue weighted by Gasteiger charge is -2.30. The van der Waals surface area contributed by atoms with Gasteiger partial charge in [-0.1, -0.05) is 68.3 Å². The van der Waals surface area contributed by atoms with Gasteiger partial charge in [-0.05, 0) is 47.9 Å². The Kier molecular flexibility index (Phi) is 8.06. The number of amides is 2. The number of hydrogen-bond donors (Lipinski definition) is 3. The molecule has 3 N–H and O–H groups in total. The van der Waals surface area contributed by atoms with Crippen molar-refractivity contribution in [1.82, 2.24) is 10.6 Å². The van der Waals surface area contributed by atoms with Crippen LogP contribution in [0.4, 0.5) is 4.79 Å². The first-order valence-electron chi connectivity index (χ1n) is 12.6. The Balaban J connectivity index is 1.30. The first-order valence-corrected chi connectivity index (χ1v) is 12.6. The highest BCUT2D eigenvalue weighted by atomic mass is 16.5. The largest absolute Gasteiger partial charge is 0.481 e. The predicted octanol–water partition coefficient (Wildman–Crippen LogP) is 4.84. The van der Waals surface area contributed by atoms with E-state index in [0.29, 0.717) is 12.8 Å². The van der Waals surface area contributed by atoms with Crippen LogP contribution in [0.15, 0.2) is 48.5 Å². The monoisotopic (exact) mass is 478 g/mol. The second kappa shape index (κ2) is 11.4. The highest BCUT2D eigenvalue weighted by molar-refractivity contribution is 5.80. The van der Waals surface area contributed by atoms with Gasteiger partial charge in [0.05, 0.1) is 6.42 Å². The second-order valence-electron chi connectivity index (χ2n) is 9.62. The minimum absolute atomic E-state index is 0.00256. The Morgan fingerprint density at radius 3 is 2.31 bits per heavy atom. The maximum atomic E-state index is 12.8. The first-order chi connectivity index (χ1) is 17.0. The van der Waals surface area contributed by atoms with Crippen LogP contribution in [-0.2, 0) is 14.3 Å². The number of nitrogens with one attached hydrogen (secondary N) is 2. The number of ether oxygens (including phenoxy) is 1. The van der Waals surface area contributed by atoms with Crippen molar-refractivity contribution < 1.29 is 24.2 Å². The molecule has 1 saturated carbocycles. The Hall–Kier alpha value is -3.35. The molecule has 2 aromatic rings. The molecule has 3 atom stereocenters. The van der Waals surface area contributed by atoms with Crippen molar-refractivity contribution in [2.75, 3.05) is 6.61 Å². The number of rotatable bonds is 9. The van der Waals surface area contributed by atoms with Crippen LogP contribution in [0.5, 0.6) is 0 Å². The van der Waals surface area contributed by atoms with E-state index < -0.39 is 12.1 Å². The molecule has 2 aliphatic rings. The summed E-state index contributed by atoms with van der Waals surface area (Å²) >= 11 is 0. The molecule has 0 aliphatic heterocycles. The van der Waals surface area contributed by atoms with Gasteiger partial charge in [-0.3, -0.25) is 9.59 Å². The summed E-state index contributed by atoms with van der Waals surface area (Å²) in [6.45, 7) is 2.22. The molecular weight excluding hydrogens is 444 g/mol. The van der Waals surface area contributed by atoms with Crippen molar-refractivity contribution in [1.29, 1.82) is 0 Å². The van der Waals surface area contributed by atoms with Crippen LogP contribution in [-0.4, -0.2) is 41.8 Å². The fraction of sp³-hybridized carbons (Fsp3) is 0.464. The third-order valence-electron chi connectivity index (χ3n) is 7.12. The van der Waals surface area contributed by atoms with Crippen LogP contribution in [0, 0.1) is 5.92 Å². The van der Waals surface area contributed by atoms with Crippen molar-refractivity contribution in [2.45, 2.75) is 69.9 Å². The van der Waals surface area contributed by atoms with Crippen LogP contribution in [0.1, 0.15) is 68.9 Å². The molecule has 0 heterocycles. The number of hydrogen-bond acceptors (Lipinski definition) is 4. The lowest BCUT2D eigenvalue weighted by atomic mass is 9.85. The Morgan fingerprint density at radius 2 is 1.69 bits per heavy atom. The third kappa shape index (κ3) is 6.02. The Bertz CT molecular complexity index is 1020. The van der Waals surface area contributed by atoms with Gasteiger partial charge in [0.25, 0.3) is 0 Å². The molecule has 186 valence electrons. The maximum Gasteiger partial charge on any atom is 0.407 e. The van der Waals surface area contributed by atoms with Gasteiger partial charge in [0.1, 0.15) is 6.61 Å². The van der Waals surface area contributed by atoms with E-state index in [4.69, 9.17) is 9.84 Å². The number of fused-ring (bicyclic) bond motifs is 3. The molecule has 4 rings (SSSR count). The van der Waals surface area contributed by atoms with Crippen molar-refractivity contribution in [3.8, 4) is 11.1 Å². The van der Waals surface area contributed by atoms with Gasteiger partial charge in [-0.25, -0.2) is 4.79 Å². The van der Waals surface area contributed by atoms with Gasteiger partial charge in [0.2, 0.25) is 5.91 Å². The van der Waals surface area contributed by atoms with Crippen LogP contribution < -0.4 is 10.6 Å². The lowest BCUT2D eigenvalue weighted by molar-refractivity contribution is -0.138. The quantitative estimate of drug-likeness (QED) is 0.478. The summed E-state index contributed by atoms with van der Waals surface area (Å²) in [5.41, 5.74) is 4.70. The van der Waals surface area contributed by atoms with Gasteiger partial charge < -0.3 is 20.5 Å². The molecule has 1 fully saturated rings. The summed E-state index contributed by atoms with van der Waals surface area (Å²) in [4.78, 5) is 36.5. The van der Waals surface area contributed by atoms with Crippen LogP contribution >= 0.6 is 0 Å². The van der Waals surface area contributed by atoms with E-state index in [1.807, 2.05) is 31.2 Å². The van der Waals surface area contributed by atoms with E-state index in [2.05, 4.69) is 34.9 Å². The zero-order chi connectivity index (χ0) is 24.8. The van der Waals surface area contributed by atoms with E-state index in [1.165, 1.54) is 22.3 Å². The molecule has 0 unspecified atom stereocenters. The van der Waals surface area contributed by atoms with E-state index >= 15 is 0 Å².